The molecule has 0 aliphatic heterocycles. The van der Waals surface area contributed by atoms with E-state index in [1.165, 1.54) is 13.2 Å². The lowest BCUT2D eigenvalue weighted by Gasteiger charge is -2.17. The van der Waals surface area contributed by atoms with Crippen LogP contribution in [-0.2, 0) is 11.2 Å². The second kappa shape index (κ2) is 4.08. The second-order valence-electron chi connectivity index (χ2n) is 3.83. The van der Waals surface area contributed by atoms with Crippen LogP contribution in [0.5, 0.6) is 0 Å². The molecule has 0 unspecified atom stereocenters. The maximum Gasteiger partial charge on any atom is 0.337 e. The van der Waals surface area contributed by atoms with E-state index in [9.17, 15) is 9.59 Å². The van der Waals surface area contributed by atoms with Crippen molar-refractivity contribution < 1.29 is 18.4 Å². The van der Waals surface area contributed by atoms with E-state index < -0.39 is 12.8 Å². The number of carbonyl (C=O) groups is 2. The van der Waals surface area contributed by atoms with Gasteiger partial charge in [0.1, 0.15) is 0 Å². The van der Waals surface area contributed by atoms with Crippen LogP contribution in [0, 0.1) is 6.85 Å². The first-order chi connectivity index (χ1) is 8.84. The molecule has 1 aromatic carbocycles. The number of esters is 1. The Morgan fingerprint density at radius 1 is 1.44 bits per heavy atom. The van der Waals surface area contributed by atoms with Crippen LogP contribution in [0.25, 0.3) is 0 Å². The molecule has 0 atom stereocenters. The van der Waals surface area contributed by atoms with Gasteiger partial charge < -0.3 is 4.74 Å². The van der Waals surface area contributed by atoms with Crippen molar-refractivity contribution in [1.29, 1.82) is 0 Å². The fourth-order valence-corrected chi connectivity index (χ4v) is 2.03. The molecular formula is C13H14O3. The Kier molecular flexibility index (Phi) is 1.94. The molecule has 1 aromatic rings. The van der Waals surface area contributed by atoms with Gasteiger partial charge in [0.05, 0.1) is 12.7 Å². The van der Waals surface area contributed by atoms with Crippen LogP contribution in [0.3, 0.4) is 0 Å². The molecule has 3 heteroatoms. The summed E-state index contributed by atoms with van der Waals surface area (Å²) in [5.41, 5.74) is 1.03. The highest BCUT2D eigenvalue weighted by atomic mass is 16.5. The monoisotopic (exact) mass is 221 g/mol. The number of ether oxygens (including phenoxy) is 1. The van der Waals surface area contributed by atoms with E-state index in [0.717, 1.165) is 0 Å². The highest BCUT2D eigenvalue weighted by Crippen LogP contribution is 2.26. The van der Waals surface area contributed by atoms with Crippen molar-refractivity contribution in [3.8, 4) is 0 Å². The third-order valence-electron chi connectivity index (χ3n) is 2.77. The third kappa shape index (κ3) is 1.73. The lowest BCUT2D eigenvalue weighted by atomic mass is 9.86. The number of methoxy groups -OCH3 is 1. The number of benzene rings is 1. The molecule has 1 aliphatic carbocycles. The topological polar surface area (TPSA) is 43.4 Å². The molecular weight excluding hydrogens is 204 g/mol. The number of aryl methyl sites for hydroxylation is 2. The summed E-state index contributed by atoms with van der Waals surface area (Å²) < 4.78 is 27.2. The van der Waals surface area contributed by atoms with E-state index in [2.05, 4.69) is 4.74 Å². The average Bonchev–Trinajstić information content (AvgIpc) is 2.35. The van der Waals surface area contributed by atoms with Crippen LogP contribution in [0.4, 0.5) is 0 Å². The zero-order chi connectivity index (χ0) is 14.2. The molecule has 3 nitrogen and oxygen atoms in total. The van der Waals surface area contributed by atoms with Crippen LogP contribution in [-0.4, -0.2) is 18.9 Å². The summed E-state index contributed by atoms with van der Waals surface area (Å²) in [5.74, 6) is -0.755. The molecule has 2 rings (SSSR count). The van der Waals surface area contributed by atoms with Crippen LogP contribution >= 0.6 is 0 Å². The number of ketones is 1. The quantitative estimate of drug-likeness (QED) is 0.683. The largest absolute Gasteiger partial charge is 0.465 e. The Morgan fingerprint density at radius 2 is 2.25 bits per heavy atom. The minimum absolute atomic E-state index is 0.0462. The first kappa shape index (κ1) is 7.60. The minimum atomic E-state index is -2.42. The van der Waals surface area contributed by atoms with Crippen molar-refractivity contribution in [3.63, 3.8) is 0 Å². The van der Waals surface area contributed by atoms with Crippen molar-refractivity contribution in [1.82, 2.24) is 0 Å². The van der Waals surface area contributed by atoms with Crippen molar-refractivity contribution >= 4 is 11.8 Å². The van der Waals surface area contributed by atoms with Gasteiger partial charge in [0.15, 0.2) is 5.78 Å². The van der Waals surface area contributed by atoms with Crippen molar-refractivity contribution in [2.24, 2.45) is 0 Å². The molecule has 0 bridgehead atoms. The molecule has 0 spiro atoms. The zero-order valence-corrected chi connectivity index (χ0v) is 9.00. The van der Waals surface area contributed by atoms with Crippen molar-refractivity contribution in [3.05, 3.63) is 34.4 Å². The lowest BCUT2D eigenvalue weighted by Crippen LogP contribution is -2.14. The molecule has 0 fully saturated rings. The molecule has 0 heterocycles. The Morgan fingerprint density at radius 3 is 2.94 bits per heavy atom. The van der Waals surface area contributed by atoms with Gasteiger partial charge in [-0.05, 0) is 43.0 Å². The third-order valence-corrected chi connectivity index (χ3v) is 2.77. The summed E-state index contributed by atoms with van der Waals surface area (Å²) in [6.07, 6.45) is 1.64. The lowest BCUT2D eigenvalue weighted by molar-refractivity contribution is 0.0600. The standard InChI is InChI=1S/C13H14O3/c1-8-6-10(13(15)16-2)7-9-4-3-5-11(14)12(8)9/h6-7H,3-5H2,1-2H3/i1D3. The number of carbonyl (C=O) groups excluding carboxylic acids is 2. The molecule has 0 saturated carbocycles. The first-order valence-corrected chi connectivity index (χ1v) is 5.13. The van der Waals surface area contributed by atoms with Gasteiger partial charge >= 0.3 is 5.97 Å². The fraction of sp³-hybridized carbons (Fsp3) is 0.385. The van der Waals surface area contributed by atoms with Crippen molar-refractivity contribution in [2.75, 3.05) is 7.11 Å². The predicted octanol–water partition coefficient (Wildman–Crippen LogP) is 2.30. The number of rotatable bonds is 1. The summed E-state index contributed by atoms with van der Waals surface area (Å²) in [6, 6.07) is 2.81. The molecule has 0 N–H and O–H groups in total. The van der Waals surface area contributed by atoms with E-state index in [0.29, 0.717) is 24.8 Å². The minimum Gasteiger partial charge on any atom is -0.465 e. The fourth-order valence-electron chi connectivity index (χ4n) is 2.03. The molecule has 0 saturated heterocycles. The molecule has 0 aromatic heterocycles. The molecule has 16 heavy (non-hydrogen) atoms. The molecule has 84 valence electrons. The second-order valence-corrected chi connectivity index (χ2v) is 3.83. The summed E-state index contributed by atoms with van der Waals surface area (Å²) in [7, 11) is 1.24. The molecule has 0 amide bonds. The highest BCUT2D eigenvalue weighted by molar-refractivity contribution is 6.01. The van der Waals surface area contributed by atoms with E-state index in [-0.39, 0.29) is 22.5 Å². The predicted molar refractivity (Wildman–Crippen MR) is 59.8 cm³/mol. The van der Waals surface area contributed by atoms with Gasteiger partial charge in [0.25, 0.3) is 0 Å². The van der Waals surface area contributed by atoms with E-state index in [4.69, 9.17) is 4.11 Å². The summed E-state index contributed by atoms with van der Waals surface area (Å²) in [5, 5.41) is 0. The Bertz CT molecular complexity index is 547. The Labute approximate surface area is 98.6 Å². The summed E-state index contributed by atoms with van der Waals surface area (Å²) in [6.45, 7) is -2.42. The van der Waals surface area contributed by atoms with Crippen LogP contribution in [0.15, 0.2) is 12.1 Å². The van der Waals surface area contributed by atoms with E-state index in [1.54, 1.807) is 6.07 Å². The van der Waals surface area contributed by atoms with E-state index in [1.807, 2.05) is 0 Å². The van der Waals surface area contributed by atoms with Gasteiger partial charge in [0.2, 0.25) is 0 Å². The zero-order valence-electron chi connectivity index (χ0n) is 12.0. The number of hydrogen-bond donors (Lipinski definition) is 0. The SMILES string of the molecule is [2H]C([2H])([2H])c1cc(C(=O)OC)cc2c1C(=O)CCC2. The van der Waals surface area contributed by atoms with Crippen LogP contribution in [0.2, 0.25) is 0 Å². The maximum atomic E-state index is 11.9. The number of fused-ring (bicyclic) bond motifs is 1. The van der Waals surface area contributed by atoms with Gasteiger partial charge in [0, 0.05) is 16.1 Å². The van der Waals surface area contributed by atoms with Crippen molar-refractivity contribution in [2.45, 2.75) is 26.1 Å². The van der Waals surface area contributed by atoms with Gasteiger partial charge in [-0.25, -0.2) is 4.79 Å². The van der Waals surface area contributed by atoms with Crippen LogP contribution in [0.1, 0.15) is 48.8 Å². The molecule has 0 radical (unpaired) electrons. The average molecular weight is 221 g/mol. The first-order valence-electron chi connectivity index (χ1n) is 6.63. The van der Waals surface area contributed by atoms with E-state index >= 15 is 0 Å². The summed E-state index contributed by atoms with van der Waals surface area (Å²) in [4.78, 5) is 23.5. The Balaban J connectivity index is 2.68. The smallest absolute Gasteiger partial charge is 0.337 e. The molecule has 1 aliphatic rings. The highest BCUT2D eigenvalue weighted by Gasteiger charge is 2.21. The van der Waals surface area contributed by atoms with Gasteiger partial charge in [-0.1, -0.05) is 0 Å². The van der Waals surface area contributed by atoms with Gasteiger partial charge in [-0.2, -0.15) is 0 Å². The Hall–Kier alpha value is -1.64. The van der Waals surface area contributed by atoms with Gasteiger partial charge in [-0.3, -0.25) is 4.79 Å². The van der Waals surface area contributed by atoms with Gasteiger partial charge in [-0.15, -0.1) is 0 Å². The number of Topliss-reactive ketones (excluding diaryl/α,β-unsaturated/α-hetero) is 1. The normalized spacial score (nSPS) is 18.1. The van der Waals surface area contributed by atoms with Crippen LogP contribution < -0.4 is 0 Å². The number of hydrogen-bond acceptors (Lipinski definition) is 3. The maximum absolute atomic E-state index is 11.9. The summed E-state index contributed by atoms with van der Waals surface area (Å²) >= 11 is 0.